The quantitative estimate of drug-likeness (QED) is 0.776. The van der Waals surface area contributed by atoms with Gasteiger partial charge in [-0.2, -0.15) is 5.26 Å². The second-order valence-electron chi connectivity index (χ2n) is 5.43. The van der Waals surface area contributed by atoms with Crippen LogP contribution in [-0.4, -0.2) is 36.5 Å². The summed E-state index contributed by atoms with van der Waals surface area (Å²) in [5.41, 5.74) is -0.348. The first kappa shape index (κ1) is 15.0. The molecule has 21 heavy (non-hydrogen) atoms. The number of likely N-dealkylation sites (tertiary alicyclic amines) is 1. The number of amides is 1. The molecule has 1 amide bonds. The maximum atomic E-state index is 12.3. The van der Waals surface area contributed by atoms with Crippen LogP contribution in [0.3, 0.4) is 0 Å². The molecule has 0 saturated carbocycles. The van der Waals surface area contributed by atoms with Crippen LogP contribution in [0.25, 0.3) is 0 Å². The van der Waals surface area contributed by atoms with Crippen molar-refractivity contribution >= 4 is 11.9 Å². The van der Waals surface area contributed by atoms with Gasteiger partial charge in [-0.3, -0.25) is 9.59 Å². The Morgan fingerprint density at radius 3 is 2.57 bits per heavy atom. The van der Waals surface area contributed by atoms with Crippen molar-refractivity contribution in [2.45, 2.75) is 24.8 Å². The summed E-state index contributed by atoms with van der Waals surface area (Å²) < 4.78 is 4.89. The Hall–Kier alpha value is -2.35. The predicted molar refractivity (Wildman–Crippen MR) is 76.1 cm³/mol. The van der Waals surface area contributed by atoms with Crippen molar-refractivity contribution in [3.8, 4) is 6.07 Å². The van der Waals surface area contributed by atoms with E-state index >= 15 is 0 Å². The third kappa shape index (κ3) is 2.38. The Labute approximate surface area is 124 Å². The molecule has 1 aromatic rings. The fourth-order valence-electron chi connectivity index (χ4n) is 2.98. The molecule has 1 aromatic carbocycles. The average molecular weight is 286 g/mol. The zero-order valence-electron chi connectivity index (χ0n) is 12.4. The number of hydrogen-bond donors (Lipinski definition) is 0. The molecule has 3 atom stereocenters. The lowest BCUT2D eigenvalue weighted by Gasteiger charge is -2.46. The summed E-state index contributed by atoms with van der Waals surface area (Å²) in [6.45, 7) is 1.61. The van der Waals surface area contributed by atoms with Crippen molar-refractivity contribution in [1.82, 2.24) is 4.90 Å². The molecule has 0 aromatic heterocycles. The molecule has 5 heteroatoms. The fraction of sp³-hybridized carbons (Fsp3) is 0.438. The molecule has 1 aliphatic heterocycles. The van der Waals surface area contributed by atoms with Crippen molar-refractivity contribution < 1.29 is 14.3 Å². The highest BCUT2D eigenvalue weighted by molar-refractivity contribution is 5.85. The van der Waals surface area contributed by atoms with Crippen LogP contribution in [0.1, 0.15) is 24.8 Å². The van der Waals surface area contributed by atoms with Gasteiger partial charge in [0, 0.05) is 19.4 Å². The van der Waals surface area contributed by atoms with Gasteiger partial charge in [0.25, 0.3) is 0 Å². The molecule has 0 radical (unpaired) electrons. The third-order valence-corrected chi connectivity index (χ3v) is 4.38. The van der Waals surface area contributed by atoms with Gasteiger partial charge in [0.05, 0.1) is 13.2 Å². The van der Waals surface area contributed by atoms with E-state index in [1.165, 1.54) is 12.0 Å². The maximum Gasteiger partial charge on any atom is 0.312 e. The Morgan fingerprint density at radius 2 is 2.05 bits per heavy atom. The van der Waals surface area contributed by atoms with E-state index in [0.29, 0.717) is 0 Å². The van der Waals surface area contributed by atoms with Gasteiger partial charge in [-0.15, -0.1) is 0 Å². The number of piperidine rings is 1. The second kappa shape index (κ2) is 5.57. The lowest BCUT2D eigenvalue weighted by atomic mass is 9.69. The van der Waals surface area contributed by atoms with Crippen LogP contribution in [-0.2, 0) is 14.3 Å². The molecule has 110 valence electrons. The zero-order valence-corrected chi connectivity index (χ0v) is 12.4. The molecule has 1 aliphatic rings. The van der Waals surface area contributed by atoms with Gasteiger partial charge in [0.2, 0.25) is 5.91 Å². The standard InChI is InChI=1S/C16H18N2O3/c1-16(10-17)14(15(20)21-3)12(9-13(19)18(16)2)11-7-5-4-6-8-11/h4-8,12,14H,9H2,1-3H3/t12-,14+,16+/m1/s1. The van der Waals surface area contributed by atoms with Gasteiger partial charge in [0.1, 0.15) is 11.5 Å². The van der Waals surface area contributed by atoms with E-state index in [0.717, 1.165) is 5.56 Å². The van der Waals surface area contributed by atoms with E-state index in [2.05, 4.69) is 6.07 Å². The first-order chi connectivity index (χ1) is 9.95. The highest BCUT2D eigenvalue weighted by Gasteiger charge is 2.54. The summed E-state index contributed by atoms with van der Waals surface area (Å²) in [5.74, 6) is -1.68. The molecule has 0 unspecified atom stereocenters. The van der Waals surface area contributed by atoms with E-state index in [1.54, 1.807) is 14.0 Å². The Morgan fingerprint density at radius 1 is 1.43 bits per heavy atom. The van der Waals surface area contributed by atoms with Crippen molar-refractivity contribution in [2.24, 2.45) is 5.92 Å². The summed E-state index contributed by atoms with van der Waals surface area (Å²) in [5, 5.41) is 9.57. The zero-order chi connectivity index (χ0) is 15.6. The van der Waals surface area contributed by atoms with Crippen LogP contribution in [0.15, 0.2) is 30.3 Å². The van der Waals surface area contributed by atoms with Gasteiger partial charge in [-0.1, -0.05) is 30.3 Å². The smallest absolute Gasteiger partial charge is 0.312 e. The topological polar surface area (TPSA) is 70.4 Å². The van der Waals surface area contributed by atoms with E-state index in [9.17, 15) is 14.9 Å². The summed E-state index contributed by atoms with van der Waals surface area (Å²) in [7, 11) is 2.86. The molecule has 2 rings (SSSR count). The highest BCUT2D eigenvalue weighted by atomic mass is 16.5. The van der Waals surface area contributed by atoms with Crippen LogP contribution < -0.4 is 0 Å². The number of carbonyl (C=O) groups is 2. The van der Waals surface area contributed by atoms with E-state index in [4.69, 9.17) is 4.74 Å². The van der Waals surface area contributed by atoms with E-state index in [1.807, 2.05) is 30.3 Å². The van der Waals surface area contributed by atoms with Crippen LogP contribution in [0.4, 0.5) is 0 Å². The van der Waals surface area contributed by atoms with Gasteiger partial charge in [-0.05, 0) is 12.5 Å². The number of methoxy groups -OCH3 is 1. The Bertz CT molecular complexity index is 593. The SMILES string of the molecule is COC(=O)[C@@H]1[C@@H](c2ccccc2)CC(=O)N(C)[C@@]1(C)C#N. The first-order valence-electron chi connectivity index (χ1n) is 6.76. The maximum absolute atomic E-state index is 12.3. The van der Waals surface area contributed by atoms with Crippen molar-refractivity contribution in [3.05, 3.63) is 35.9 Å². The minimum atomic E-state index is -1.22. The second-order valence-corrected chi connectivity index (χ2v) is 5.43. The molecule has 5 nitrogen and oxygen atoms in total. The van der Waals surface area contributed by atoms with Crippen LogP contribution in [0.5, 0.6) is 0 Å². The summed E-state index contributed by atoms with van der Waals surface area (Å²) >= 11 is 0. The number of nitrogens with zero attached hydrogens (tertiary/aromatic N) is 2. The minimum absolute atomic E-state index is 0.145. The fourth-order valence-corrected chi connectivity index (χ4v) is 2.98. The van der Waals surface area contributed by atoms with Gasteiger partial charge in [-0.25, -0.2) is 0 Å². The predicted octanol–water partition coefficient (Wildman–Crippen LogP) is 1.70. The first-order valence-corrected chi connectivity index (χ1v) is 6.76. The molecule has 1 saturated heterocycles. The Balaban J connectivity index is 2.55. The molecular weight excluding hydrogens is 268 g/mol. The van der Waals surface area contributed by atoms with Gasteiger partial charge >= 0.3 is 5.97 Å². The number of rotatable bonds is 2. The molecule has 1 fully saturated rings. The number of esters is 1. The lowest BCUT2D eigenvalue weighted by molar-refractivity contribution is -0.158. The Kier molecular flexibility index (Phi) is 3.99. The molecular formula is C16H18N2O3. The van der Waals surface area contributed by atoms with Crippen LogP contribution >= 0.6 is 0 Å². The lowest BCUT2D eigenvalue weighted by Crippen LogP contribution is -2.60. The molecule has 0 bridgehead atoms. The molecule has 0 N–H and O–H groups in total. The van der Waals surface area contributed by atoms with Crippen molar-refractivity contribution in [3.63, 3.8) is 0 Å². The molecule has 0 aliphatic carbocycles. The normalized spacial score (nSPS) is 28.9. The van der Waals surface area contributed by atoms with Crippen molar-refractivity contribution in [1.29, 1.82) is 5.26 Å². The number of benzene rings is 1. The number of nitriles is 1. The average Bonchev–Trinajstić information content (AvgIpc) is 2.52. The van der Waals surface area contributed by atoms with Crippen molar-refractivity contribution in [2.75, 3.05) is 14.2 Å². The van der Waals surface area contributed by atoms with Crippen LogP contribution in [0, 0.1) is 17.2 Å². The number of carbonyl (C=O) groups excluding carboxylic acids is 2. The summed E-state index contributed by atoms with van der Waals surface area (Å²) in [6.07, 6.45) is 0.192. The van der Waals surface area contributed by atoms with Gasteiger partial charge in [0.15, 0.2) is 0 Å². The van der Waals surface area contributed by atoms with Gasteiger partial charge < -0.3 is 9.64 Å². The monoisotopic (exact) mass is 286 g/mol. The van der Waals surface area contributed by atoms with E-state index < -0.39 is 17.4 Å². The summed E-state index contributed by atoms with van der Waals surface area (Å²) in [4.78, 5) is 25.9. The number of hydrogen-bond acceptors (Lipinski definition) is 4. The highest BCUT2D eigenvalue weighted by Crippen LogP contribution is 2.43. The molecule has 0 spiro atoms. The molecule has 1 heterocycles. The van der Waals surface area contributed by atoms with Crippen LogP contribution in [0.2, 0.25) is 0 Å². The third-order valence-electron chi connectivity index (χ3n) is 4.38. The number of ether oxygens (including phenoxy) is 1. The van der Waals surface area contributed by atoms with E-state index in [-0.39, 0.29) is 18.2 Å². The largest absolute Gasteiger partial charge is 0.469 e. The minimum Gasteiger partial charge on any atom is -0.469 e. The summed E-state index contributed by atoms with van der Waals surface area (Å²) in [6, 6.07) is 11.5.